The van der Waals surface area contributed by atoms with E-state index in [1.54, 1.807) is 18.2 Å². The molecular formula is C16H11N3O2. The van der Waals surface area contributed by atoms with Gasteiger partial charge in [0.05, 0.1) is 5.52 Å². The molecule has 0 bridgehead atoms. The van der Waals surface area contributed by atoms with Crippen molar-refractivity contribution < 1.29 is 9.21 Å². The number of carbonyl (C=O) groups is 1. The molecule has 21 heavy (non-hydrogen) atoms. The number of hydrogen-bond acceptors (Lipinski definition) is 3. The molecule has 0 atom stereocenters. The summed E-state index contributed by atoms with van der Waals surface area (Å²) >= 11 is 0. The van der Waals surface area contributed by atoms with E-state index in [-0.39, 0.29) is 0 Å². The van der Waals surface area contributed by atoms with Gasteiger partial charge in [-0.25, -0.2) is 0 Å². The summed E-state index contributed by atoms with van der Waals surface area (Å²) in [5.74, 6) is 0.192. The van der Waals surface area contributed by atoms with E-state index >= 15 is 0 Å². The van der Waals surface area contributed by atoms with Crippen molar-refractivity contribution in [2.24, 2.45) is 5.73 Å². The fourth-order valence-corrected chi connectivity index (χ4v) is 2.45. The van der Waals surface area contributed by atoms with Gasteiger partial charge in [0.15, 0.2) is 5.76 Å². The van der Waals surface area contributed by atoms with Crippen molar-refractivity contribution in [1.82, 2.24) is 10.2 Å². The lowest BCUT2D eigenvalue weighted by Gasteiger charge is -1.96. The van der Waals surface area contributed by atoms with Gasteiger partial charge in [-0.3, -0.25) is 9.89 Å². The first-order valence-corrected chi connectivity index (χ1v) is 6.49. The lowest BCUT2D eigenvalue weighted by Crippen LogP contribution is -2.10. The maximum atomic E-state index is 11.3. The number of aromatic amines is 1. The average Bonchev–Trinajstić information content (AvgIpc) is 3.09. The highest BCUT2D eigenvalue weighted by molar-refractivity contribution is 6.01. The predicted octanol–water partition coefficient (Wildman–Crippen LogP) is 3.08. The van der Waals surface area contributed by atoms with Gasteiger partial charge in [0.1, 0.15) is 11.3 Å². The van der Waals surface area contributed by atoms with Gasteiger partial charge in [-0.2, -0.15) is 5.10 Å². The molecule has 0 radical (unpaired) electrons. The number of amides is 1. The minimum absolute atomic E-state index is 0.446. The van der Waals surface area contributed by atoms with Crippen molar-refractivity contribution in [2.45, 2.75) is 0 Å². The molecule has 0 saturated carbocycles. The second-order valence-electron chi connectivity index (χ2n) is 4.85. The summed E-state index contributed by atoms with van der Waals surface area (Å²) in [4.78, 5) is 11.3. The molecule has 2 aromatic carbocycles. The number of primary amides is 1. The molecule has 0 unspecified atom stereocenters. The molecule has 0 aliphatic carbocycles. The van der Waals surface area contributed by atoms with E-state index in [0.29, 0.717) is 17.0 Å². The molecule has 0 spiro atoms. The van der Waals surface area contributed by atoms with Crippen molar-refractivity contribution in [1.29, 1.82) is 0 Å². The van der Waals surface area contributed by atoms with E-state index in [0.717, 1.165) is 21.9 Å². The molecule has 0 aliphatic rings. The lowest BCUT2D eigenvalue weighted by atomic mass is 10.1. The van der Waals surface area contributed by atoms with Gasteiger partial charge in [0, 0.05) is 16.3 Å². The number of nitrogens with zero attached hydrogens (tertiary/aromatic N) is 1. The van der Waals surface area contributed by atoms with Crippen molar-refractivity contribution >= 4 is 27.8 Å². The lowest BCUT2D eigenvalue weighted by molar-refractivity contribution is 0.100. The van der Waals surface area contributed by atoms with Crippen LogP contribution in [0.2, 0.25) is 0 Å². The third kappa shape index (κ3) is 1.79. The largest absolute Gasteiger partial charge is 0.454 e. The Bertz CT molecular complexity index is 948. The summed E-state index contributed by atoms with van der Waals surface area (Å²) < 4.78 is 5.82. The van der Waals surface area contributed by atoms with E-state index < -0.39 is 5.91 Å². The number of hydrogen-bond donors (Lipinski definition) is 2. The molecule has 4 rings (SSSR count). The molecule has 0 aliphatic heterocycles. The molecule has 5 nitrogen and oxygen atoms in total. The number of rotatable bonds is 2. The van der Waals surface area contributed by atoms with Crippen molar-refractivity contribution in [2.75, 3.05) is 0 Å². The quantitative estimate of drug-likeness (QED) is 0.590. The summed E-state index contributed by atoms with van der Waals surface area (Å²) in [6, 6.07) is 14.9. The monoisotopic (exact) mass is 277 g/mol. The Kier molecular flexibility index (Phi) is 2.35. The summed E-state index contributed by atoms with van der Waals surface area (Å²) in [6.45, 7) is 0. The number of benzene rings is 2. The minimum Gasteiger partial charge on any atom is -0.454 e. The summed E-state index contributed by atoms with van der Waals surface area (Å²) in [6.07, 6.45) is 0. The van der Waals surface area contributed by atoms with Gasteiger partial charge in [0.25, 0.3) is 0 Å². The maximum Gasteiger partial charge on any atom is 0.248 e. The number of fused-ring (bicyclic) bond motifs is 2. The first kappa shape index (κ1) is 11.7. The van der Waals surface area contributed by atoms with E-state index in [9.17, 15) is 4.79 Å². The van der Waals surface area contributed by atoms with Crippen LogP contribution in [0.1, 0.15) is 10.4 Å². The van der Waals surface area contributed by atoms with Crippen molar-refractivity contribution in [3.05, 3.63) is 54.1 Å². The third-order valence-electron chi connectivity index (χ3n) is 3.51. The Morgan fingerprint density at radius 2 is 2.00 bits per heavy atom. The second-order valence-corrected chi connectivity index (χ2v) is 4.85. The first-order valence-electron chi connectivity index (χ1n) is 6.49. The van der Waals surface area contributed by atoms with Crippen molar-refractivity contribution in [3.8, 4) is 11.5 Å². The molecular weight excluding hydrogens is 266 g/mol. The number of H-pyrrole nitrogens is 1. The highest BCUT2D eigenvalue weighted by Crippen LogP contribution is 2.31. The third-order valence-corrected chi connectivity index (χ3v) is 3.51. The van der Waals surface area contributed by atoms with Gasteiger partial charge in [-0.15, -0.1) is 0 Å². The zero-order chi connectivity index (χ0) is 14.4. The van der Waals surface area contributed by atoms with Crippen LogP contribution in [0.25, 0.3) is 33.3 Å². The first-order chi connectivity index (χ1) is 10.2. The smallest absolute Gasteiger partial charge is 0.248 e. The minimum atomic E-state index is -0.464. The molecule has 0 saturated heterocycles. The highest BCUT2D eigenvalue weighted by Gasteiger charge is 2.14. The number of nitrogens with two attached hydrogens (primary N) is 1. The standard InChI is InChI=1S/C16H11N3O2/c17-16(20)10-5-6-12-11(7-10)15(19-18-12)14-8-9-3-1-2-4-13(9)21-14/h1-8H,(H2,17,20)(H,18,19). The van der Waals surface area contributed by atoms with Crippen LogP contribution in [0.15, 0.2) is 52.9 Å². The number of para-hydroxylation sites is 1. The number of furan rings is 1. The number of nitrogens with one attached hydrogen (secondary N) is 1. The van der Waals surface area contributed by atoms with Gasteiger partial charge in [-0.1, -0.05) is 18.2 Å². The molecule has 0 fully saturated rings. The zero-order valence-electron chi connectivity index (χ0n) is 11.0. The van der Waals surface area contributed by atoms with Crippen LogP contribution in [0.4, 0.5) is 0 Å². The van der Waals surface area contributed by atoms with Crippen LogP contribution in [-0.4, -0.2) is 16.1 Å². The topological polar surface area (TPSA) is 84.9 Å². The van der Waals surface area contributed by atoms with Gasteiger partial charge in [-0.05, 0) is 30.3 Å². The molecule has 2 aromatic heterocycles. The maximum absolute atomic E-state index is 11.3. The van der Waals surface area contributed by atoms with Gasteiger partial charge in [0.2, 0.25) is 5.91 Å². The van der Waals surface area contributed by atoms with E-state index in [2.05, 4.69) is 10.2 Å². The Morgan fingerprint density at radius 1 is 1.14 bits per heavy atom. The Labute approximate surface area is 119 Å². The fraction of sp³-hybridized carbons (Fsp3) is 0. The number of carbonyl (C=O) groups excluding carboxylic acids is 1. The molecule has 102 valence electrons. The van der Waals surface area contributed by atoms with Crippen LogP contribution in [0.3, 0.4) is 0 Å². The average molecular weight is 277 g/mol. The Morgan fingerprint density at radius 3 is 2.81 bits per heavy atom. The summed E-state index contributed by atoms with van der Waals surface area (Å²) in [7, 11) is 0. The van der Waals surface area contributed by atoms with Gasteiger partial charge < -0.3 is 10.2 Å². The molecule has 1 amide bonds. The van der Waals surface area contributed by atoms with E-state index in [4.69, 9.17) is 10.2 Å². The predicted molar refractivity (Wildman–Crippen MR) is 79.8 cm³/mol. The van der Waals surface area contributed by atoms with E-state index in [1.807, 2.05) is 30.3 Å². The SMILES string of the molecule is NC(=O)c1ccc2[nH]nc(-c3cc4ccccc4o3)c2c1. The molecule has 3 N–H and O–H groups in total. The van der Waals surface area contributed by atoms with Crippen LogP contribution in [0.5, 0.6) is 0 Å². The Balaban J connectivity index is 1.96. The van der Waals surface area contributed by atoms with Crippen LogP contribution in [-0.2, 0) is 0 Å². The van der Waals surface area contributed by atoms with Crippen LogP contribution in [0, 0.1) is 0 Å². The molecule has 2 heterocycles. The summed E-state index contributed by atoms with van der Waals surface area (Å²) in [5.41, 5.74) is 8.08. The molecule has 5 heteroatoms. The molecule has 4 aromatic rings. The normalized spacial score (nSPS) is 11.2. The Hall–Kier alpha value is -3.08. The van der Waals surface area contributed by atoms with Crippen molar-refractivity contribution in [3.63, 3.8) is 0 Å². The highest BCUT2D eigenvalue weighted by atomic mass is 16.3. The van der Waals surface area contributed by atoms with Crippen LogP contribution < -0.4 is 5.73 Å². The van der Waals surface area contributed by atoms with Gasteiger partial charge >= 0.3 is 0 Å². The fourth-order valence-electron chi connectivity index (χ4n) is 2.45. The van der Waals surface area contributed by atoms with E-state index in [1.165, 1.54) is 0 Å². The number of aromatic nitrogens is 2. The van der Waals surface area contributed by atoms with Crippen LogP contribution >= 0.6 is 0 Å². The second kappa shape index (κ2) is 4.21. The zero-order valence-corrected chi connectivity index (χ0v) is 11.0. The summed E-state index contributed by atoms with van der Waals surface area (Å²) in [5, 5.41) is 9.04.